The molecule has 0 saturated carbocycles. The standard InChI is InChI=1S/C18H12F3NO2/c1-24-17(23)15-14(11-7-3-2-4-8-11)12-9-5-6-10-13(12)22-16(15)18(19,20)21/h2-10H,1H3. The third kappa shape index (κ3) is 2.71. The number of hydrogen-bond acceptors (Lipinski definition) is 3. The summed E-state index contributed by atoms with van der Waals surface area (Å²) in [5.74, 6) is -1.07. The number of carbonyl (C=O) groups is 1. The smallest absolute Gasteiger partial charge is 0.434 e. The first-order valence-corrected chi connectivity index (χ1v) is 7.07. The zero-order valence-corrected chi connectivity index (χ0v) is 12.6. The quantitative estimate of drug-likeness (QED) is 0.639. The van der Waals surface area contributed by atoms with E-state index in [0.717, 1.165) is 7.11 Å². The molecular formula is C18H12F3NO2. The Morgan fingerprint density at radius 1 is 1.00 bits per heavy atom. The molecule has 3 aromatic rings. The number of nitrogens with zero attached hydrogens (tertiary/aromatic N) is 1. The van der Waals surface area contributed by atoms with Gasteiger partial charge in [-0.05, 0) is 11.6 Å². The Kier molecular flexibility index (Phi) is 3.97. The second-order valence-corrected chi connectivity index (χ2v) is 5.08. The molecule has 0 radical (unpaired) electrons. The number of aromatic nitrogens is 1. The molecule has 1 heterocycles. The van der Waals surface area contributed by atoms with E-state index in [2.05, 4.69) is 9.72 Å². The summed E-state index contributed by atoms with van der Waals surface area (Å²) in [6.45, 7) is 0. The fraction of sp³-hybridized carbons (Fsp3) is 0.111. The normalized spacial score (nSPS) is 11.5. The molecule has 0 atom stereocenters. The van der Waals surface area contributed by atoms with E-state index in [0.29, 0.717) is 10.9 Å². The summed E-state index contributed by atoms with van der Waals surface area (Å²) in [7, 11) is 1.05. The van der Waals surface area contributed by atoms with E-state index in [1.807, 2.05) is 0 Å². The molecule has 0 saturated heterocycles. The number of halogens is 3. The number of rotatable bonds is 2. The maximum Gasteiger partial charge on any atom is 0.434 e. The van der Waals surface area contributed by atoms with E-state index in [1.54, 1.807) is 48.5 Å². The Balaban J connectivity index is 2.52. The van der Waals surface area contributed by atoms with E-state index in [4.69, 9.17) is 0 Å². The number of esters is 1. The largest absolute Gasteiger partial charge is 0.465 e. The molecule has 0 spiro atoms. The summed E-state index contributed by atoms with van der Waals surface area (Å²) in [5.41, 5.74) is -1.000. The van der Waals surface area contributed by atoms with Crippen LogP contribution in [0.4, 0.5) is 13.2 Å². The third-order valence-electron chi connectivity index (χ3n) is 3.61. The molecule has 3 rings (SSSR count). The first-order chi connectivity index (χ1) is 11.4. The molecule has 0 aliphatic heterocycles. The van der Waals surface area contributed by atoms with Crippen molar-refractivity contribution in [2.24, 2.45) is 0 Å². The lowest BCUT2D eigenvalue weighted by Gasteiger charge is -2.17. The minimum absolute atomic E-state index is 0.163. The van der Waals surface area contributed by atoms with Gasteiger partial charge in [-0.25, -0.2) is 9.78 Å². The van der Waals surface area contributed by atoms with Crippen LogP contribution in [-0.2, 0) is 10.9 Å². The summed E-state index contributed by atoms with van der Waals surface area (Å²) in [4.78, 5) is 15.8. The van der Waals surface area contributed by atoms with Gasteiger partial charge in [0.15, 0.2) is 5.69 Å². The van der Waals surface area contributed by atoms with E-state index in [-0.39, 0.29) is 11.1 Å². The molecule has 0 bridgehead atoms. The highest BCUT2D eigenvalue weighted by Crippen LogP contribution is 2.39. The first kappa shape index (κ1) is 16.0. The molecule has 6 heteroatoms. The monoisotopic (exact) mass is 331 g/mol. The Labute approximate surface area is 135 Å². The van der Waals surface area contributed by atoms with Crippen LogP contribution in [0.5, 0.6) is 0 Å². The predicted octanol–water partition coefficient (Wildman–Crippen LogP) is 4.71. The molecule has 0 amide bonds. The zero-order valence-electron chi connectivity index (χ0n) is 12.6. The topological polar surface area (TPSA) is 39.2 Å². The summed E-state index contributed by atoms with van der Waals surface area (Å²) >= 11 is 0. The van der Waals surface area contributed by atoms with Crippen LogP contribution in [0.25, 0.3) is 22.0 Å². The van der Waals surface area contributed by atoms with Crippen molar-refractivity contribution in [3.63, 3.8) is 0 Å². The second kappa shape index (κ2) is 5.96. The minimum atomic E-state index is -4.78. The summed E-state index contributed by atoms with van der Waals surface area (Å²) in [6.07, 6.45) is -4.78. The SMILES string of the molecule is COC(=O)c1c(C(F)(F)F)nc2ccccc2c1-c1ccccc1. The number of pyridine rings is 1. The zero-order chi connectivity index (χ0) is 17.3. The highest BCUT2D eigenvalue weighted by molar-refractivity contribution is 6.08. The van der Waals surface area contributed by atoms with Crippen LogP contribution >= 0.6 is 0 Å². The molecule has 2 aromatic carbocycles. The van der Waals surface area contributed by atoms with Gasteiger partial charge >= 0.3 is 12.1 Å². The second-order valence-electron chi connectivity index (χ2n) is 5.08. The third-order valence-corrected chi connectivity index (χ3v) is 3.61. The Morgan fingerprint density at radius 2 is 1.62 bits per heavy atom. The number of para-hydroxylation sites is 1. The lowest BCUT2D eigenvalue weighted by Crippen LogP contribution is -2.18. The lowest BCUT2D eigenvalue weighted by atomic mass is 9.94. The van der Waals surface area contributed by atoms with Crippen molar-refractivity contribution in [2.75, 3.05) is 7.11 Å². The molecule has 0 fully saturated rings. The van der Waals surface area contributed by atoms with Gasteiger partial charge in [0.25, 0.3) is 0 Å². The van der Waals surface area contributed by atoms with Gasteiger partial charge in [-0.1, -0.05) is 48.5 Å². The maximum atomic E-state index is 13.5. The number of ether oxygens (including phenoxy) is 1. The Bertz CT molecular complexity index is 905. The van der Waals surface area contributed by atoms with Gasteiger partial charge in [-0.15, -0.1) is 0 Å². The average molecular weight is 331 g/mol. The fourth-order valence-corrected chi connectivity index (χ4v) is 2.62. The van der Waals surface area contributed by atoms with Crippen molar-refractivity contribution in [3.05, 3.63) is 65.9 Å². The molecule has 0 N–H and O–H groups in total. The van der Waals surface area contributed by atoms with E-state index in [1.165, 1.54) is 6.07 Å². The molecule has 1 aromatic heterocycles. The van der Waals surface area contributed by atoms with Gasteiger partial charge in [0, 0.05) is 10.9 Å². The summed E-state index contributed by atoms with van der Waals surface area (Å²) < 4.78 is 45.1. The van der Waals surface area contributed by atoms with Gasteiger partial charge in [-0.3, -0.25) is 0 Å². The lowest BCUT2D eigenvalue weighted by molar-refractivity contribution is -0.141. The molecular weight excluding hydrogens is 319 g/mol. The average Bonchev–Trinajstić information content (AvgIpc) is 2.59. The van der Waals surface area contributed by atoms with Crippen LogP contribution in [0.15, 0.2) is 54.6 Å². The van der Waals surface area contributed by atoms with E-state index in [9.17, 15) is 18.0 Å². The Morgan fingerprint density at radius 3 is 2.25 bits per heavy atom. The van der Waals surface area contributed by atoms with Gasteiger partial charge in [0.1, 0.15) is 0 Å². The molecule has 0 unspecified atom stereocenters. The minimum Gasteiger partial charge on any atom is -0.465 e. The van der Waals surface area contributed by atoms with Gasteiger partial charge in [-0.2, -0.15) is 13.2 Å². The first-order valence-electron chi connectivity index (χ1n) is 7.07. The fourth-order valence-electron chi connectivity index (χ4n) is 2.62. The van der Waals surface area contributed by atoms with E-state index >= 15 is 0 Å². The van der Waals surface area contributed by atoms with Gasteiger partial charge < -0.3 is 4.74 Å². The van der Waals surface area contributed by atoms with Crippen LogP contribution in [0.3, 0.4) is 0 Å². The molecule has 24 heavy (non-hydrogen) atoms. The van der Waals surface area contributed by atoms with E-state index < -0.39 is 23.4 Å². The number of hydrogen-bond donors (Lipinski definition) is 0. The number of carbonyl (C=O) groups excluding carboxylic acids is 1. The predicted molar refractivity (Wildman–Crippen MR) is 83.5 cm³/mol. The van der Waals surface area contributed by atoms with Crippen molar-refractivity contribution in [1.82, 2.24) is 4.98 Å². The van der Waals surface area contributed by atoms with Crippen molar-refractivity contribution >= 4 is 16.9 Å². The van der Waals surface area contributed by atoms with Gasteiger partial charge in [0.05, 0.1) is 18.2 Å². The maximum absolute atomic E-state index is 13.5. The number of benzene rings is 2. The van der Waals surface area contributed by atoms with Crippen LogP contribution in [0.2, 0.25) is 0 Å². The molecule has 3 nitrogen and oxygen atoms in total. The van der Waals surface area contributed by atoms with Crippen LogP contribution in [0.1, 0.15) is 16.1 Å². The van der Waals surface area contributed by atoms with Crippen LogP contribution in [-0.4, -0.2) is 18.1 Å². The van der Waals surface area contributed by atoms with Crippen LogP contribution in [0, 0.1) is 0 Å². The van der Waals surface area contributed by atoms with Crippen molar-refractivity contribution < 1.29 is 22.7 Å². The molecule has 122 valence electrons. The summed E-state index contributed by atoms with van der Waals surface area (Å²) in [5, 5.41) is 0.456. The Hall–Kier alpha value is -2.89. The molecule has 0 aliphatic rings. The number of methoxy groups -OCH3 is 1. The van der Waals surface area contributed by atoms with Crippen molar-refractivity contribution in [2.45, 2.75) is 6.18 Å². The molecule has 0 aliphatic carbocycles. The van der Waals surface area contributed by atoms with Gasteiger partial charge in [0.2, 0.25) is 0 Å². The van der Waals surface area contributed by atoms with Crippen LogP contribution < -0.4 is 0 Å². The summed E-state index contributed by atoms with van der Waals surface area (Å²) in [6, 6.07) is 14.8. The van der Waals surface area contributed by atoms with Crippen molar-refractivity contribution in [3.8, 4) is 11.1 Å². The van der Waals surface area contributed by atoms with Crippen molar-refractivity contribution in [1.29, 1.82) is 0 Å². The highest BCUT2D eigenvalue weighted by Gasteiger charge is 2.40. The number of alkyl halides is 3. The highest BCUT2D eigenvalue weighted by atomic mass is 19.4. The number of fused-ring (bicyclic) bond motifs is 1.